The molecule has 12 nitrogen and oxygen atoms in total. The number of benzene rings is 5. The number of para-hydroxylation sites is 2. The Bertz CT molecular complexity index is 3600. The molecule has 0 spiro atoms. The molecule has 3 aliphatic rings. The van der Waals surface area contributed by atoms with Crippen molar-refractivity contribution < 1.29 is 53.2 Å². The van der Waals surface area contributed by atoms with E-state index in [1.54, 1.807) is 12.4 Å². The summed E-state index contributed by atoms with van der Waals surface area (Å²) in [5.74, 6) is 1.72. The molecule has 434 valence electrons. The van der Waals surface area contributed by atoms with Gasteiger partial charge in [-0.3, -0.25) is 0 Å². The fraction of sp³-hybridized carbons (Fsp3) is 0.369. The van der Waals surface area contributed by atoms with Crippen molar-refractivity contribution in [2.75, 3.05) is 9.80 Å². The Morgan fingerprint density at radius 1 is 0.488 bits per heavy atom. The Hall–Kier alpha value is -5.56. The van der Waals surface area contributed by atoms with Crippen LogP contribution in [0, 0.1) is 18.8 Å². The molecule has 0 radical (unpaired) electrons. The largest absolute Gasteiger partial charge is 0.508 e. The van der Waals surface area contributed by atoms with Gasteiger partial charge < -0.3 is 51.5 Å². The molecular weight excluding hydrogens is 1220 g/mol. The van der Waals surface area contributed by atoms with Crippen LogP contribution >= 0.6 is 0 Å². The van der Waals surface area contributed by atoms with Crippen molar-refractivity contribution in [2.45, 2.75) is 157 Å². The smallest absolute Gasteiger partial charge is 0.468 e. The van der Waals surface area contributed by atoms with Crippen LogP contribution in [0.5, 0.6) is 11.5 Å². The summed E-state index contributed by atoms with van der Waals surface area (Å²) >= 11 is 0. The predicted molar refractivity (Wildman–Crippen MR) is 344 cm³/mol. The fourth-order valence-corrected chi connectivity index (χ4v) is 10.7. The maximum absolute atomic E-state index is 7.07. The molecule has 0 unspecified atom stereocenters. The van der Waals surface area contributed by atoms with Gasteiger partial charge in [0.1, 0.15) is 5.82 Å². The maximum Gasteiger partial charge on any atom is 0.468 e. The summed E-state index contributed by atoms with van der Waals surface area (Å²) < 4.78 is 50.6. The third kappa shape index (κ3) is 12.4. The average molecular weight is 1300 g/mol. The minimum atomic E-state index is -0.874. The van der Waals surface area contributed by atoms with Crippen LogP contribution in [-0.2, 0) is 59.3 Å². The monoisotopic (exact) mass is 1300 g/mol. The van der Waals surface area contributed by atoms with E-state index in [4.69, 9.17) is 42.1 Å². The van der Waals surface area contributed by atoms with E-state index in [1.807, 2.05) is 24.4 Å². The Balaban J connectivity index is 0.00000786. The van der Waals surface area contributed by atoms with E-state index in [0.29, 0.717) is 17.2 Å². The van der Waals surface area contributed by atoms with Gasteiger partial charge >= 0.3 is 42.7 Å². The summed E-state index contributed by atoms with van der Waals surface area (Å²) in [6.07, 6.45) is 5.38. The second kappa shape index (κ2) is 22.6. The Labute approximate surface area is 515 Å². The number of pyridine rings is 2. The van der Waals surface area contributed by atoms with Gasteiger partial charge in [-0.05, 0) is 96.3 Å². The van der Waals surface area contributed by atoms with E-state index in [9.17, 15) is 0 Å². The molecule has 6 heterocycles. The molecule has 19 heteroatoms. The number of rotatable bonds is 8. The Kier molecular flexibility index (Phi) is 16.6. The molecule has 2 saturated heterocycles. The molecule has 3 aromatic heterocycles. The van der Waals surface area contributed by atoms with E-state index >= 15 is 0 Å². The number of anilines is 4. The van der Waals surface area contributed by atoms with Crippen molar-refractivity contribution in [3.8, 4) is 28.4 Å². The van der Waals surface area contributed by atoms with Gasteiger partial charge in [-0.2, -0.15) is 6.07 Å². The number of aromatic nitrogens is 3. The van der Waals surface area contributed by atoms with Crippen molar-refractivity contribution in [1.29, 1.82) is 0 Å². The molecule has 0 aliphatic carbocycles. The third-order valence-corrected chi connectivity index (χ3v) is 15.4. The van der Waals surface area contributed by atoms with Gasteiger partial charge in [-0.25, -0.2) is 4.98 Å². The first kappa shape index (κ1) is 61.5. The van der Waals surface area contributed by atoms with Crippen molar-refractivity contribution in [1.82, 2.24) is 14.5 Å². The molecule has 0 saturated carbocycles. The second-order valence-corrected chi connectivity index (χ2v) is 28.9. The quantitative estimate of drug-likeness (QED) is 0.107. The standard InChI is InChI=1S/C65H76B6N5O7.Pt/c1-60(2,3)45-32-33-73-58(37-45)76-54-31-28-44(43-24-20-19-21-25-43)34-51(54)50-30-29-48(39-57(50)76)77-49-38-47(40-72-41-49)74-42-75(56-27-23-22-26-55(56)74)59-52(66-78-68(62(7,8)9)82-69(79-66)63(10,11)12)35-46(61(4,5)6)36-53(59)67-80-70(64(13,14)15)83-71(81-67)65(16,17)18;/h19-37,40-42H,1-18H3;/q-3;. The van der Waals surface area contributed by atoms with Gasteiger partial charge in [0, 0.05) is 72.3 Å². The topological polar surface area (TPSA) is 102 Å². The molecular formula is C65H76B6N5O7Pt-3. The molecule has 0 atom stereocenters. The van der Waals surface area contributed by atoms with Crippen LogP contribution in [0.25, 0.3) is 38.8 Å². The summed E-state index contributed by atoms with van der Waals surface area (Å²) in [5, 5.41) is 0.529. The van der Waals surface area contributed by atoms with Crippen LogP contribution in [0.4, 0.5) is 22.7 Å². The number of hydrogen-bond donors (Lipinski definition) is 0. The van der Waals surface area contributed by atoms with Gasteiger partial charge in [0.05, 0.1) is 0 Å². The first-order valence-corrected chi connectivity index (χ1v) is 29.1. The van der Waals surface area contributed by atoms with Gasteiger partial charge in [0.2, 0.25) is 0 Å². The van der Waals surface area contributed by atoms with Crippen LogP contribution in [0.15, 0.2) is 128 Å². The number of fused-ring (bicyclic) bond motifs is 4. The Morgan fingerprint density at radius 3 is 1.56 bits per heavy atom. The van der Waals surface area contributed by atoms with Crippen LogP contribution in [0.1, 0.15) is 136 Å². The zero-order valence-electron chi connectivity index (χ0n) is 52.1. The first-order valence-electron chi connectivity index (χ1n) is 29.1. The summed E-state index contributed by atoms with van der Waals surface area (Å²) in [5.41, 5.74) is 10.8. The number of ether oxygens (including phenoxy) is 1. The number of hydrogen-bond acceptors (Lipinski definition) is 11. The summed E-state index contributed by atoms with van der Waals surface area (Å²) in [7, 11) is -4.17. The van der Waals surface area contributed by atoms with Crippen molar-refractivity contribution >= 4 is 98.2 Å². The van der Waals surface area contributed by atoms with Crippen LogP contribution in [0.2, 0.25) is 21.3 Å². The average Bonchev–Trinajstić information content (AvgIpc) is 1.65. The van der Waals surface area contributed by atoms with Crippen molar-refractivity contribution in [3.05, 3.63) is 158 Å². The fourth-order valence-electron chi connectivity index (χ4n) is 10.7. The minimum Gasteiger partial charge on any atom is -0.508 e. The summed E-state index contributed by atoms with van der Waals surface area (Å²) in [6.45, 7) is 41.0. The molecule has 2 fully saturated rings. The molecule has 0 N–H and O–H groups in total. The van der Waals surface area contributed by atoms with Crippen LogP contribution in [-0.4, -0.2) is 57.2 Å². The zero-order chi connectivity index (χ0) is 59.3. The number of nitrogens with zero attached hydrogens (tertiary/aromatic N) is 5. The second-order valence-electron chi connectivity index (χ2n) is 28.9. The van der Waals surface area contributed by atoms with Gasteiger partial charge in [0.25, 0.3) is 0 Å². The van der Waals surface area contributed by atoms with E-state index in [2.05, 4.69) is 249 Å². The zero-order valence-corrected chi connectivity index (χ0v) is 54.3. The van der Waals surface area contributed by atoms with Crippen molar-refractivity contribution in [2.24, 2.45) is 0 Å². The van der Waals surface area contributed by atoms with E-state index in [0.717, 1.165) is 72.3 Å². The minimum absolute atomic E-state index is 0. The normalized spacial score (nSPS) is 15.8. The first-order chi connectivity index (χ1) is 38.9. The van der Waals surface area contributed by atoms with Gasteiger partial charge in [0.15, 0.2) is 0 Å². The van der Waals surface area contributed by atoms with E-state index < -0.39 is 64.0 Å². The molecule has 8 aromatic rings. The maximum atomic E-state index is 7.07. The molecule has 0 amide bonds. The van der Waals surface area contributed by atoms with Crippen molar-refractivity contribution in [3.63, 3.8) is 0 Å². The SMILES string of the molecule is CC(C)(C)B1OB(c2cc(C(C)(C)C)cc(B3OB(C(C)(C)C)OB(C(C)(C)C)O3)c2N2[CH-]N(c3[c-]c(Oc4[c-]c5c(cc4)c4cc(-c6ccccc6)ccc4n5-c4cc(C(C)(C)C)ccn4)cnc3)c3ccccc32)OB(C(C)(C)C)O1.[Pt]. The molecule has 0 bridgehead atoms. The van der Waals surface area contributed by atoms with Crippen LogP contribution < -0.4 is 25.5 Å². The molecule has 3 aliphatic heterocycles. The third-order valence-electron chi connectivity index (χ3n) is 15.4. The van der Waals surface area contributed by atoms with E-state index in [-0.39, 0.29) is 31.9 Å². The summed E-state index contributed by atoms with van der Waals surface area (Å²) in [6, 6.07) is 45.5. The van der Waals surface area contributed by atoms with Gasteiger partial charge in [-0.15, -0.1) is 30.3 Å². The Morgan fingerprint density at radius 2 is 1.02 bits per heavy atom. The molecule has 5 aromatic carbocycles. The summed E-state index contributed by atoms with van der Waals surface area (Å²) in [4.78, 5) is 14.0. The molecule has 84 heavy (non-hydrogen) atoms. The van der Waals surface area contributed by atoms with Gasteiger partial charge in [-0.1, -0.05) is 209 Å². The van der Waals surface area contributed by atoms with E-state index in [1.165, 1.54) is 5.56 Å². The van der Waals surface area contributed by atoms with Crippen LogP contribution in [0.3, 0.4) is 0 Å². The predicted octanol–water partition coefficient (Wildman–Crippen LogP) is 15.3. The molecule has 11 rings (SSSR count).